The summed E-state index contributed by atoms with van der Waals surface area (Å²) in [5.41, 5.74) is 5.49. The Labute approximate surface area is 171 Å². The van der Waals surface area contributed by atoms with Gasteiger partial charge in [-0.1, -0.05) is 17.7 Å². The van der Waals surface area contributed by atoms with Crippen LogP contribution in [-0.2, 0) is 4.79 Å². The van der Waals surface area contributed by atoms with Crippen LogP contribution in [0.3, 0.4) is 0 Å². The molecule has 0 bridgehead atoms. The quantitative estimate of drug-likeness (QED) is 0.749. The lowest BCUT2D eigenvalue weighted by Crippen LogP contribution is -2.35. The molecule has 28 heavy (non-hydrogen) atoms. The van der Waals surface area contributed by atoms with E-state index < -0.39 is 5.91 Å². The predicted molar refractivity (Wildman–Crippen MR) is 119 cm³/mol. The predicted octanol–water partition coefficient (Wildman–Crippen LogP) is 4.34. The standard InChI is InChI=1S/C20H19N5OS2/c1-11-5-7-15(8-6-11)24-12(2)9-14(13(24)3)10-16-17(21)25-19(22-18(16)26)28-20(23-25)27-4/h5-10,21H,1-4H3. The van der Waals surface area contributed by atoms with Gasteiger partial charge in [0.25, 0.3) is 5.91 Å². The van der Waals surface area contributed by atoms with Gasteiger partial charge < -0.3 is 4.57 Å². The summed E-state index contributed by atoms with van der Waals surface area (Å²) >= 11 is 2.79. The van der Waals surface area contributed by atoms with Crippen molar-refractivity contribution >= 4 is 50.9 Å². The van der Waals surface area contributed by atoms with Gasteiger partial charge in [-0.05, 0) is 68.6 Å². The number of amidine groups is 2. The van der Waals surface area contributed by atoms with Crippen LogP contribution in [0.1, 0.15) is 22.5 Å². The van der Waals surface area contributed by atoms with E-state index in [2.05, 4.69) is 45.9 Å². The first-order valence-electron chi connectivity index (χ1n) is 8.69. The number of nitrogens with one attached hydrogen (secondary N) is 1. The summed E-state index contributed by atoms with van der Waals surface area (Å²) in [6, 6.07) is 10.3. The minimum absolute atomic E-state index is 0.0617. The number of aliphatic imine (C=N–C) groups is 1. The van der Waals surface area contributed by atoms with Crippen molar-refractivity contribution in [2.45, 2.75) is 20.8 Å². The second-order valence-corrected chi connectivity index (χ2v) is 8.60. The number of fused-ring (bicyclic) bond motifs is 1. The zero-order valence-electron chi connectivity index (χ0n) is 16.0. The Kier molecular flexibility index (Phi) is 4.76. The molecule has 3 heterocycles. The maximum absolute atomic E-state index is 12.6. The van der Waals surface area contributed by atoms with E-state index in [1.165, 1.54) is 34.1 Å². The molecule has 142 valence electrons. The summed E-state index contributed by atoms with van der Waals surface area (Å²) in [6.07, 6.45) is 3.65. The molecule has 0 fully saturated rings. The lowest BCUT2D eigenvalue weighted by Gasteiger charge is -2.20. The van der Waals surface area contributed by atoms with Crippen molar-refractivity contribution in [1.29, 1.82) is 5.41 Å². The maximum Gasteiger partial charge on any atom is 0.283 e. The topological polar surface area (TPSA) is 73.8 Å². The molecule has 1 amide bonds. The van der Waals surface area contributed by atoms with Crippen molar-refractivity contribution in [2.24, 2.45) is 10.1 Å². The van der Waals surface area contributed by atoms with Crippen LogP contribution in [0.5, 0.6) is 0 Å². The Morgan fingerprint density at radius 2 is 1.89 bits per heavy atom. The van der Waals surface area contributed by atoms with Gasteiger partial charge in [0.15, 0.2) is 10.2 Å². The molecule has 1 aromatic carbocycles. The van der Waals surface area contributed by atoms with Crippen molar-refractivity contribution in [1.82, 2.24) is 9.58 Å². The van der Waals surface area contributed by atoms with Gasteiger partial charge in [0.05, 0.1) is 5.57 Å². The van der Waals surface area contributed by atoms with Crippen LogP contribution in [0.2, 0.25) is 0 Å². The van der Waals surface area contributed by atoms with Crippen LogP contribution in [-0.4, -0.2) is 37.1 Å². The Morgan fingerprint density at radius 3 is 2.57 bits per heavy atom. The number of carbonyl (C=O) groups is 1. The van der Waals surface area contributed by atoms with E-state index in [1.54, 1.807) is 6.08 Å². The third kappa shape index (κ3) is 3.12. The average molecular weight is 410 g/mol. The summed E-state index contributed by atoms with van der Waals surface area (Å²) in [5, 5.41) is 14.7. The van der Waals surface area contributed by atoms with E-state index in [4.69, 9.17) is 5.41 Å². The van der Waals surface area contributed by atoms with E-state index in [1.807, 2.05) is 26.2 Å². The minimum atomic E-state index is -0.401. The second kappa shape index (κ2) is 7.10. The van der Waals surface area contributed by atoms with Gasteiger partial charge in [-0.15, -0.1) is 16.9 Å². The SMILES string of the molecule is CSC1=NN2C(=N)C(=Cc3cc(C)n(-c4ccc(C)cc4)c3C)C(=O)N=C2S1. The number of hydrazone groups is 1. The summed E-state index contributed by atoms with van der Waals surface area (Å²) in [5.74, 6) is -0.340. The van der Waals surface area contributed by atoms with E-state index in [-0.39, 0.29) is 11.4 Å². The average Bonchev–Trinajstić information content (AvgIpc) is 3.20. The monoisotopic (exact) mass is 409 g/mol. The third-order valence-corrected chi connectivity index (χ3v) is 6.56. The molecule has 2 aliphatic heterocycles. The van der Waals surface area contributed by atoms with Crippen molar-refractivity contribution in [3.63, 3.8) is 0 Å². The number of benzene rings is 1. The Bertz CT molecular complexity index is 1090. The number of hydrogen-bond donors (Lipinski definition) is 1. The summed E-state index contributed by atoms with van der Waals surface area (Å²) in [7, 11) is 0. The first-order valence-corrected chi connectivity index (χ1v) is 10.7. The fraction of sp³-hybridized carbons (Fsp3) is 0.200. The Hall–Kier alpha value is -2.58. The number of carbonyl (C=O) groups excluding carboxylic acids is 1. The molecule has 0 aliphatic carbocycles. The van der Waals surface area contributed by atoms with Crippen LogP contribution in [0, 0.1) is 26.2 Å². The fourth-order valence-corrected chi connectivity index (χ4v) is 4.58. The van der Waals surface area contributed by atoms with Crippen LogP contribution < -0.4 is 0 Å². The molecule has 0 spiro atoms. The summed E-state index contributed by atoms with van der Waals surface area (Å²) < 4.78 is 2.92. The molecular formula is C20H19N5OS2. The van der Waals surface area contributed by atoms with Gasteiger partial charge in [0.2, 0.25) is 5.17 Å². The first-order chi connectivity index (χ1) is 13.4. The van der Waals surface area contributed by atoms with Crippen LogP contribution in [0.15, 0.2) is 46.0 Å². The highest BCUT2D eigenvalue weighted by molar-refractivity contribution is 8.45. The molecule has 2 aliphatic rings. The van der Waals surface area contributed by atoms with Crippen LogP contribution in [0.25, 0.3) is 11.8 Å². The van der Waals surface area contributed by atoms with Crippen molar-refractivity contribution in [2.75, 3.05) is 6.26 Å². The Morgan fingerprint density at radius 1 is 1.18 bits per heavy atom. The molecule has 0 saturated carbocycles. The molecule has 0 saturated heterocycles. The van der Waals surface area contributed by atoms with Crippen molar-refractivity contribution in [3.8, 4) is 5.69 Å². The smallest absolute Gasteiger partial charge is 0.283 e. The number of amides is 1. The fourth-order valence-electron chi connectivity index (χ4n) is 3.24. The summed E-state index contributed by atoms with van der Waals surface area (Å²) in [6.45, 7) is 6.11. The third-order valence-electron chi connectivity index (χ3n) is 4.67. The molecular weight excluding hydrogens is 390 g/mol. The van der Waals surface area contributed by atoms with Crippen LogP contribution in [0.4, 0.5) is 0 Å². The second-order valence-electron chi connectivity index (χ2n) is 6.59. The first kappa shape index (κ1) is 18.8. The van der Waals surface area contributed by atoms with Gasteiger partial charge in [-0.2, -0.15) is 10.0 Å². The molecule has 1 N–H and O–H groups in total. The van der Waals surface area contributed by atoms with E-state index in [9.17, 15) is 4.79 Å². The number of aryl methyl sites for hydroxylation is 2. The number of aromatic nitrogens is 1. The Balaban J connectivity index is 1.75. The molecule has 0 unspecified atom stereocenters. The largest absolute Gasteiger partial charge is 0.318 e. The van der Waals surface area contributed by atoms with Gasteiger partial charge in [-0.25, -0.2) is 0 Å². The number of rotatable bonds is 2. The number of hydrogen-bond acceptors (Lipinski definition) is 5. The van der Waals surface area contributed by atoms with E-state index in [0.717, 1.165) is 27.0 Å². The van der Waals surface area contributed by atoms with Gasteiger partial charge in [-0.3, -0.25) is 10.2 Å². The molecule has 2 aromatic rings. The highest BCUT2D eigenvalue weighted by atomic mass is 32.2. The highest BCUT2D eigenvalue weighted by Crippen LogP contribution is 2.32. The highest BCUT2D eigenvalue weighted by Gasteiger charge is 2.35. The normalized spacial score (nSPS) is 17.9. The lowest BCUT2D eigenvalue weighted by molar-refractivity contribution is -0.114. The van der Waals surface area contributed by atoms with Crippen LogP contribution >= 0.6 is 23.5 Å². The molecule has 8 heteroatoms. The molecule has 0 radical (unpaired) electrons. The maximum atomic E-state index is 12.6. The van der Waals surface area contributed by atoms with E-state index in [0.29, 0.717) is 5.17 Å². The lowest BCUT2D eigenvalue weighted by atomic mass is 10.1. The number of thioether (sulfide) groups is 2. The van der Waals surface area contributed by atoms with Crippen molar-refractivity contribution < 1.29 is 4.79 Å². The summed E-state index contributed by atoms with van der Waals surface area (Å²) in [4.78, 5) is 16.7. The molecule has 4 rings (SSSR count). The van der Waals surface area contributed by atoms with Gasteiger partial charge in [0, 0.05) is 17.1 Å². The zero-order chi connectivity index (χ0) is 20.0. The minimum Gasteiger partial charge on any atom is -0.318 e. The molecule has 0 atom stereocenters. The molecule has 1 aromatic heterocycles. The number of nitrogens with zero attached hydrogens (tertiary/aromatic N) is 4. The van der Waals surface area contributed by atoms with E-state index >= 15 is 0 Å². The zero-order valence-corrected chi connectivity index (χ0v) is 17.6. The van der Waals surface area contributed by atoms with Crippen molar-refractivity contribution in [3.05, 3.63) is 58.4 Å². The molecule has 6 nitrogen and oxygen atoms in total. The van der Waals surface area contributed by atoms with Gasteiger partial charge in [0.1, 0.15) is 0 Å². The van der Waals surface area contributed by atoms with Gasteiger partial charge >= 0.3 is 0 Å².